The van der Waals surface area contributed by atoms with Crippen LogP contribution in [0, 0.1) is 5.82 Å². The van der Waals surface area contributed by atoms with E-state index in [1.807, 2.05) is 0 Å². The zero-order valence-electron chi connectivity index (χ0n) is 6.90. The fraction of sp³-hybridized carbons (Fsp3) is 0.222. The highest BCUT2D eigenvalue weighted by molar-refractivity contribution is 5.93. The number of hydrogen-bond donors (Lipinski definition) is 0. The van der Waals surface area contributed by atoms with Gasteiger partial charge in [0.25, 0.3) is 0 Å². The number of hydrogen-bond acceptors (Lipinski definition) is 1. The van der Waals surface area contributed by atoms with E-state index in [2.05, 4.69) is 5.32 Å². The van der Waals surface area contributed by atoms with Crippen LogP contribution in [0.25, 0.3) is 0 Å². The van der Waals surface area contributed by atoms with E-state index in [-0.39, 0.29) is 11.8 Å². The molecule has 67 valence electrons. The van der Waals surface area contributed by atoms with Gasteiger partial charge in [0.15, 0.2) is 0 Å². The van der Waals surface area contributed by atoms with Crippen molar-refractivity contribution in [2.45, 2.75) is 0 Å². The molecule has 1 fully saturated rings. The monoisotopic (exact) mass is 179 g/mol. The van der Waals surface area contributed by atoms with Gasteiger partial charge in [0.2, 0.25) is 0 Å². The molecule has 1 aromatic carbocycles. The van der Waals surface area contributed by atoms with Crippen LogP contribution in [0.15, 0.2) is 24.3 Å². The minimum absolute atomic E-state index is 0.314. The molecule has 1 radical (unpaired) electrons. The van der Waals surface area contributed by atoms with Gasteiger partial charge in [0.1, 0.15) is 5.82 Å². The summed E-state index contributed by atoms with van der Waals surface area (Å²) in [5.41, 5.74) is 0.314. The summed E-state index contributed by atoms with van der Waals surface area (Å²) in [5.74, 6) is -0.382. The fourth-order valence-corrected chi connectivity index (χ4v) is 1.32. The van der Waals surface area contributed by atoms with Gasteiger partial charge in [-0.05, 0) is 12.1 Å². The number of benzene rings is 1. The zero-order chi connectivity index (χ0) is 9.26. The maximum atomic E-state index is 13.2. The first-order valence-corrected chi connectivity index (χ1v) is 4.02. The first kappa shape index (κ1) is 8.04. The summed E-state index contributed by atoms with van der Waals surface area (Å²) in [5, 5.41) is 3.66. The Labute approximate surface area is 75.2 Å². The highest BCUT2D eigenvalue weighted by atomic mass is 19.1. The lowest BCUT2D eigenvalue weighted by Crippen LogP contribution is -2.26. The number of urea groups is 1. The molecule has 3 nitrogen and oxygen atoms in total. The van der Waals surface area contributed by atoms with E-state index in [1.54, 1.807) is 18.2 Å². The summed E-state index contributed by atoms with van der Waals surface area (Å²) in [7, 11) is 0. The second kappa shape index (κ2) is 3.05. The molecular weight excluding hydrogens is 171 g/mol. The summed E-state index contributed by atoms with van der Waals surface area (Å²) >= 11 is 0. The van der Waals surface area contributed by atoms with Crippen molar-refractivity contribution in [1.82, 2.24) is 5.32 Å². The van der Waals surface area contributed by atoms with Gasteiger partial charge in [-0.25, -0.2) is 14.5 Å². The van der Waals surface area contributed by atoms with E-state index in [0.717, 1.165) is 0 Å². The number of anilines is 1. The highest BCUT2D eigenvalue weighted by Crippen LogP contribution is 2.20. The molecule has 1 aromatic rings. The molecule has 0 saturated carbocycles. The lowest BCUT2D eigenvalue weighted by molar-refractivity contribution is 0.251. The molecule has 0 unspecified atom stereocenters. The largest absolute Gasteiger partial charge is 0.343 e. The SMILES string of the molecule is O=C1[N]CCN1c1ccccc1F. The number of carbonyl (C=O) groups excluding carboxylic acids is 1. The molecule has 2 rings (SSSR count). The summed E-state index contributed by atoms with van der Waals surface area (Å²) in [4.78, 5) is 12.5. The van der Waals surface area contributed by atoms with Gasteiger partial charge in [0, 0.05) is 6.54 Å². The number of amides is 2. The Morgan fingerprint density at radius 1 is 1.38 bits per heavy atom. The molecule has 0 aromatic heterocycles. The van der Waals surface area contributed by atoms with Crippen molar-refractivity contribution >= 4 is 11.7 Å². The van der Waals surface area contributed by atoms with Gasteiger partial charge < -0.3 is 0 Å². The van der Waals surface area contributed by atoms with Crippen LogP contribution in [0.4, 0.5) is 14.9 Å². The molecule has 1 aliphatic heterocycles. The van der Waals surface area contributed by atoms with E-state index in [0.29, 0.717) is 18.8 Å². The number of rotatable bonds is 1. The quantitative estimate of drug-likeness (QED) is 0.641. The normalized spacial score (nSPS) is 16.1. The maximum absolute atomic E-state index is 13.2. The predicted octanol–water partition coefficient (Wildman–Crippen LogP) is 1.37. The van der Waals surface area contributed by atoms with E-state index in [4.69, 9.17) is 0 Å². The maximum Gasteiger partial charge on any atom is 0.343 e. The van der Waals surface area contributed by atoms with Crippen LogP contribution in [0.5, 0.6) is 0 Å². The third-order valence-electron chi connectivity index (χ3n) is 1.94. The van der Waals surface area contributed by atoms with Crippen LogP contribution in [0.3, 0.4) is 0 Å². The minimum Gasteiger partial charge on any atom is -0.288 e. The predicted molar refractivity (Wildman–Crippen MR) is 46.1 cm³/mol. The van der Waals surface area contributed by atoms with Gasteiger partial charge in [-0.3, -0.25) is 4.90 Å². The van der Waals surface area contributed by atoms with E-state index in [1.165, 1.54) is 11.0 Å². The van der Waals surface area contributed by atoms with Crippen molar-refractivity contribution in [2.75, 3.05) is 18.0 Å². The van der Waals surface area contributed by atoms with Gasteiger partial charge in [0.05, 0.1) is 12.2 Å². The Morgan fingerprint density at radius 2 is 2.15 bits per heavy atom. The Hall–Kier alpha value is -1.58. The van der Waals surface area contributed by atoms with Crippen molar-refractivity contribution in [3.8, 4) is 0 Å². The van der Waals surface area contributed by atoms with Crippen molar-refractivity contribution in [2.24, 2.45) is 0 Å². The van der Waals surface area contributed by atoms with Crippen LogP contribution in [-0.2, 0) is 0 Å². The Balaban J connectivity index is 2.34. The fourth-order valence-electron chi connectivity index (χ4n) is 1.32. The number of halogens is 1. The van der Waals surface area contributed by atoms with Crippen LogP contribution in [0.2, 0.25) is 0 Å². The van der Waals surface area contributed by atoms with Crippen molar-refractivity contribution in [3.05, 3.63) is 30.1 Å². The molecule has 1 saturated heterocycles. The van der Waals surface area contributed by atoms with Crippen molar-refractivity contribution < 1.29 is 9.18 Å². The summed E-state index contributed by atoms with van der Waals surface area (Å²) < 4.78 is 13.2. The lowest BCUT2D eigenvalue weighted by Gasteiger charge is -2.13. The van der Waals surface area contributed by atoms with Gasteiger partial charge in [-0.1, -0.05) is 12.1 Å². The third kappa shape index (κ3) is 1.35. The second-order valence-electron chi connectivity index (χ2n) is 2.77. The molecule has 1 heterocycles. The second-order valence-corrected chi connectivity index (χ2v) is 2.77. The highest BCUT2D eigenvalue weighted by Gasteiger charge is 2.24. The number of nitrogens with zero attached hydrogens (tertiary/aromatic N) is 2. The lowest BCUT2D eigenvalue weighted by atomic mass is 10.3. The van der Waals surface area contributed by atoms with Crippen LogP contribution in [0.1, 0.15) is 0 Å². The van der Waals surface area contributed by atoms with Gasteiger partial charge in [-0.15, -0.1) is 0 Å². The van der Waals surface area contributed by atoms with Crippen LogP contribution in [-0.4, -0.2) is 19.1 Å². The molecular formula is C9H8FN2O. The summed E-state index contributed by atoms with van der Waals surface area (Å²) in [6.07, 6.45) is 0. The average Bonchev–Trinajstić information content (AvgIpc) is 2.52. The summed E-state index contributed by atoms with van der Waals surface area (Å²) in [6.45, 7) is 0.924. The average molecular weight is 179 g/mol. The topological polar surface area (TPSA) is 34.4 Å². The van der Waals surface area contributed by atoms with Gasteiger partial charge >= 0.3 is 6.03 Å². The van der Waals surface area contributed by atoms with Crippen molar-refractivity contribution in [1.29, 1.82) is 0 Å². The zero-order valence-corrected chi connectivity index (χ0v) is 6.90. The summed E-state index contributed by atoms with van der Waals surface area (Å²) in [6, 6.07) is 5.85. The molecule has 1 aliphatic rings. The van der Waals surface area contributed by atoms with E-state index >= 15 is 0 Å². The Morgan fingerprint density at radius 3 is 2.77 bits per heavy atom. The molecule has 0 atom stereocenters. The van der Waals surface area contributed by atoms with Crippen LogP contribution < -0.4 is 10.2 Å². The third-order valence-corrected chi connectivity index (χ3v) is 1.94. The standard InChI is InChI=1S/C9H8FN2O/c10-7-3-1-2-4-8(7)12-6-5-11-9(12)13/h1-4H,5-6H2. The molecule has 0 bridgehead atoms. The molecule has 0 N–H and O–H groups in total. The molecule has 0 aliphatic carbocycles. The first-order valence-electron chi connectivity index (χ1n) is 4.02. The molecule has 0 spiro atoms. The Kier molecular flexibility index (Phi) is 1.88. The first-order chi connectivity index (χ1) is 6.29. The molecule has 2 amide bonds. The van der Waals surface area contributed by atoms with Crippen molar-refractivity contribution in [3.63, 3.8) is 0 Å². The van der Waals surface area contributed by atoms with Gasteiger partial charge in [-0.2, -0.15) is 0 Å². The minimum atomic E-state index is -0.382. The van der Waals surface area contributed by atoms with E-state index < -0.39 is 0 Å². The smallest absolute Gasteiger partial charge is 0.288 e. The Bertz CT molecular complexity index is 340. The van der Waals surface area contributed by atoms with Crippen LogP contribution >= 0.6 is 0 Å². The van der Waals surface area contributed by atoms with E-state index in [9.17, 15) is 9.18 Å². The molecule has 4 heteroatoms. The molecule has 13 heavy (non-hydrogen) atoms. The number of para-hydroxylation sites is 1. The number of carbonyl (C=O) groups is 1.